The summed E-state index contributed by atoms with van der Waals surface area (Å²) in [5.74, 6) is -8.85. The second-order valence-electron chi connectivity index (χ2n) is 10.6. The first-order chi connectivity index (χ1) is 19.9. The van der Waals surface area contributed by atoms with E-state index >= 15 is 8.78 Å². The van der Waals surface area contributed by atoms with Gasteiger partial charge in [0, 0.05) is 43.0 Å². The van der Waals surface area contributed by atoms with Crippen molar-refractivity contribution in [2.75, 3.05) is 32.8 Å². The second kappa shape index (κ2) is 11.5. The van der Waals surface area contributed by atoms with Crippen molar-refractivity contribution in [3.8, 4) is 0 Å². The van der Waals surface area contributed by atoms with E-state index in [0.717, 1.165) is 0 Å². The number of alkyl halides is 2. The topological polar surface area (TPSA) is 124 Å². The quantitative estimate of drug-likeness (QED) is 0.418. The summed E-state index contributed by atoms with van der Waals surface area (Å²) >= 11 is 1.27. The number of halogens is 3. The summed E-state index contributed by atoms with van der Waals surface area (Å²) in [5, 5.41) is 14.6. The molecule has 1 aromatic carbocycles. The van der Waals surface area contributed by atoms with Crippen LogP contribution >= 0.6 is 11.3 Å². The normalized spacial score (nSPS) is 24.3. The molecule has 224 valence electrons. The zero-order valence-electron chi connectivity index (χ0n) is 23.1. The van der Waals surface area contributed by atoms with Gasteiger partial charge in [-0.05, 0) is 31.0 Å². The molecular formula is C28H30F3N5O5S. The number of aliphatic imine (C=N–C) groups is 1. The fraction of sp³-hybridized carbons (Fsp3) is 0.464. The molecular weight excluding hydrogens is 575 g/mol. The lowest BCUT2D eigenvalue weighted by molar-refractivity contribution is -0.145. The maximum Gasteiger partial charge on any atom is 0.338 e. The monoisotopic (exact) mass is 605 g/mol. The molecule has 14 heteroatoms. The van der Waals surface area contributed by atoms with Gasteiger partial charge < -0.3 is 20.1 Å². The molecule has 4 atom stereocenters. The molecule has 3 aliphatic heterocycles. The molecule has 4 heterocycles. The van der Waals surface area contributed by atoms with Gasteiger partial charge in [-0.2, -0.15) is 0 Å². The van der Waals surface area contributed by atoms with Gasteiger partial charge in [-0.15, -0.1) is 11.3 Å². The van der Waals surface area contributed by atoms with Gasteiger partial charge in [0.25, 0.3) is 5.92 Å². The van der Waals surface area contributed by atoms with Crippen molar-refractivity contribution >= 4 is 35.0 Å². The SMILES string of the molecule is CCOC(=O)C1=C(CN2CC(F)(F)C3C(=O)N(CC(C)C(=O)O)CC32)NC(c2nccs2)=N[C@H]1c1cccc(F)c1C. The van der Waals surface area contributed by atoms with Crippen LogP contribution in [-0.2, 0) is 19.1 Å². The van der Waals surface area contributed by atoms with E-state index < -0.39 is 60.0 Å². The van der Waals surface area contributed by atoms with Gasteiger partial charge in [0.1, 0.15) is 17.8 Å². The first-order valence-electron chi connectivity index (χ1n) is 13.5. The van der Waals surface area contributed by atoms with Gasteiger partial charge in [0.2, 0.25) is 5.91 Å². The van der Waals surface area contributed by atoms with E-state index in [1.807, 2.05) is 0 Å². The highest BCUT2D eigenvalue weighted by Crippen LogP contribution is 2.44. The number of hydrogen-bond donors (Lipinski definition) is 2. The third-order valence-electron chi connectivity index (χ3n) is 7.85. The summed E-state index contributed by atoms with van der Waals surface area (Å²) in [7, 11) is 0. The highest BCUT2D eigenvalue weighted by Gasteiger charge is 2.62. The summed E-state index contributed by atoms with van der Waals surface area (Å²) in [6.07, 6.45) is 1.57. The molecule has 0 bridgehead atoms. The average Bonchev–Trinajstić information content (AvgIpc) is 3.63. The number of nitrogens with zero attached hydrogens (tertiary/aromatic N) is 4. The maximum atomic E-state index is 15.3. The van der Waals surface area contributed by atoms with E-state index in [1.165, 1.54) is 40.2 Å². The maximum absolute atomic E-state index is 15.3. The number of aromatic nitrogens is 1. The Morgan fingerprint density at radius 1 is 1.33 bits per heavy atom. The molecule has 2 fully saturated rings. The number of amides is 1. The number of aliphatic carboxylic acids is 1. The summed E-state index contributed by atoms with van der Waals surface area (Å²) in [5.41, 5.74) is 0.938. The molecule has 2 N–H and O–H groups in total. The molecule has 1 amide bonds. The van der Waals surface area contributed by atoms with Crippen molar-refractivity contribution in [1.82, 2.24) is 20.1 Å². The van der Waals surface area contributed by atoms with Crippen LogP contribution < -0.4 is 5.32 Å². The lowest BCUT2D eigenvalue weighted by Gasteiger charge is -2.31. The van der Waals surface area contributed by atoms with Crippen LogP contribution in [0.4, 0.5) is 13.2 Å². The summed E-state index contributed by atoms with van der Waals surface area (Å²) < 4.78 is 50.7. The summed E-state index contributed by atoms with van der Waals surface area (Å²) in [6, 6.07) is 2.49. The number of carbonyl (C=O) groups is 3. The zero-order chi connectivity index (χ0) is 30.3. The van der Waals surface area contributed by atoms with E-state index in [2.05, 4.69) is 10.3 Å². The molecule has 0 aliphatic carbocycles. The molecule has 2 aromatic rings. The number of fused-ring (bicyclic) bond motifs is 1. The van der Waals surface area contributed by atoms with Gasteiger partial charge >= 0.3 is 11.9 Å². The van der Waals surface area contributed by atoms with E-state index in [9.17, 15) is 23.9 Å². The number of ether oxygens (including phenoxy) is 1. The highest BCUT2D eigenvalue weighted by atomic mass is 32.1. The molecule has 5 rings (SSSR count). The number of carboxylic acid groups (broad SMARTS) is 1. The Kier molecular flexibility index (Phi) is 8.12. The van der Waals surface area contributed by atoms with Crippen molar-refractivity contribution in [2.24, 2.45) is 16.8 Å². The third kappa shape index (κ3) is 5.40. The van der Waals surface area contributed by atoms with Crippen molar-refractivity contribution in [3.05, 3.63) is 63.0 Å². The van der Waals surface area contributed by atoms with Crippen LogP contribution in [0.3, 0.4) is 0 Å². The molecule has 0 radical (unpaired) electrons. The largest absolute Gasteiger partial charge is 0.481 e. The van der Waals surface area contributed by atoms with Gasteiger partial charge in [-0.3, -0.25) is 19.5 Å². The van der Waals surface area contributed by atoms with Crippen molar-refractivity contribution in [2.45, 2.75) is 38.8 Å². The van der Waals surface area contributed by atoms with E-state index in [0.29, 0.717) is 10.6 Å². The second-order valence-corrected chi connectivity index (χ2v) is 11.5. The molecule has 0 saturated carbocycles. The van der Waals surface area contributed by atoms with Crippen molar-refractivity contribution < 1.29 is 37.4 Å². The first-order valence-corrected chi connectivity index (χ1v) is 14.3. The molecule has 10 nitrogen and oxygen atoms in total. The minimum absolute atomic E-state index is 0.0330. The Labute approximate surface area is 243 Å². The number of benzene rings is 1. The Balaban J connectivity index is 1.56. The minimum Gasteiger partial charge on any atom is -0.481 e. The molecule has 3 unspecified atom stereocenters. The van der Waals surface area contributed by atoms with Crippen molar-refractivity contribution in [1.29, 1.82) is 0 Å². The van der Waals surface area contributed by atoms with E-state index in [-0.39, 0.29) is 48.9 Å². The Morgan fingerprint density at radius 3 is 2.76 bits per heavy atom. The standard InChI is InChI=1S/C28H30F3N5O5S/c1-4-41-27(40)20-18(11-36-13-28(30,31)21-19(36)12-35(25(21)37)10-14(2)26(38)39)33-23(24-32-8-9-42-24)34-22(20)16-6-5-7-17(29)15(16)3/h5-9,14,19,21-22H,4,10-13H2,1-3H3,(H,33,34)(H,38,39)/t14?,19?,21?,22-/m0/s1. The third-order valence-corrected chi connectivity index (χ3v) is 8.63. The number of nitrogens with one attached hydrogen (secondary N) is 1. The molecule has 0 spiro atoms. The smallest absolute Gasteiger partial charge is 0.338 e. The number of hydrogen-bond acceptors (Lipinski definition) is 9. The van der Waals surface area contributed by atoms with Crippen LogP contribution in [0.15, 0.2) is 46.0 Å². The number of thiazole rings is 1. The van der Waals surface area contributed by atoms with Gasteiger partial charge in [-0.1, -0.05) is 19.1 Å². The molecule has 3 aliphatic rings. The zero-order valence-corrected chi connectivity index (χ0v) is 24.0. The number of rotatable bonds is 9. The Bertz CT molecular complexity index is 1460. The van der Waals surface area contributed by atoms with Crippen LogP contribution in [0.2, 0.25) is 0 Å². The lowest BCUT2D eigenvalue weighted by Crippen LogP contribution is -2.44. The predicted molar refractivity (Wildman–Crippen MR) is 147 cm³/mol. The number of esters is 1. The van der Waals surface area contributed by atoms with Gasteiger partial charge in [0.05, 0.1) is 24.6 Å². The molecule has 1 aromatic heterocycles. The lowest BCUT2D eigenvalue weighted by atomic mass is 9.92. The van der Waals surface area contributed by atoms with Crippen LogP contribution in [0.25, 0.3) is 0 Å². The fourth-order valence-corrected chi connectivity index (χ4v) is 6.36. The summed E-state index contributed by atoms with van der Waals surface area (Å²) in [4.78, 5) is 49.4. The summed E-state index contributed by atoms with van der Waals surface area (Å²) in [6.45, 7) is 3.42. The number of carbonyl (C=O) groups excluding carboxylic acids is 2. The Morgan fingerprint density at radius 2 is 2.10 bits per heavy atom. The van der Waals surface area contributed by atoms with Crippen LogP contribution in [0, 0.1) is 24.6 Å². The van der Waals surface area contributed by atoms with Crippen molar-refractivity contribution in [3.63, 3.8) is 0 Å². The van der Waals surface area contributed by atoms with Gasteiger partial charge in [-0.25, -0.2) is 22.9 Å². The average molecular weight is 606 g/mol. The first kappa shape index (κ1) is 29.7. The van der Waals surface area contributed by atoms with Crippen LogP contribution in [0.1, 0.15) is 36.0 Å². The Hall–Kier alpha value is -3.78. The number of amidine groups is 1. The predicted octanol–water partition coefficient (Wildman–Crippen LogP) is 3.00. The molecule has 2 saturated heterocycles. The van der Waals surface area contributed by atoms with Crippen LogP contribution in [0.5, 0.6) is 0 Å². The minimum atomic E-state index is -3.38. The number of likely N-dealkylation sites (tertiary alicyclic amines) is 2. The number of carboxylic acids is 1. The highest BCUT2D eigenvalue weighted by molar-refractivity contribution is 7.11. The molecule has 42 heavy (non-hydrogen) atoms. The van der Waals surface area contributed by atoms with Gasteiger partial charge in [0.15, 0.2) is 10.8 Å². The fourth-order valence-electron chi connectivity index (χ4n) is 5.77. The van der Waals surface area contributed by atoms with E-state index in [1.54, 1.807) is 31.5 Å². The van der Waals surface area contributed by atoms with E-state index in [4.69, 9.17) is 9.73 Å². The van der Waals surface area contributed by atoms with Crippen LogP contribution in [-0.4, -0.2) is 88.3 Å².